The van der Waals surface area contributed by atoms with Gasteiger partial charge in [-0.2, -0.15) is 0 Å². The Bertz CT molecular complexity index is 533. The fourth-order valence-corrected chi connectivity index (χ4v) is 2.51. The third kappa shape index (κ3) is 4.44. The smallest absolute Gasteiger partial charge is 0.194 e. The van der Waals surface area contributed by atoms with Gasteiger partial charge in [-0.3, -0.25) is 4.99 Å². The lowest BCUT2D eigenvalue weighted by molar-refractivity contribution is 0.368. The van der Waals surface area contributed by atoms with Gasteiger partial charge >= 0.3 is 0 Å². The molecule has 1 aromatic carbocycles. The second-order valence-corrected chi connectivity index (χ2v) is 4.75. The summed E-state index contributed by atoms with van der Waals surface area (Å²) >= 11 is 0. The predicted molar refractivity (Wildman–Crippen MR) is 102 cm³/mol. The van der Waals surface area contributed by atoms with Crippen molar-refractivity contribution in [2.45, 2.75) is 0 Å². The molecule has 1 heterocycles. The minimum Gasteiger partial charge on any atom is -0.495 e. The van der Waals surface area contributed by atoms with E-state index in [4.69, 9.17) is 11.2 Å². The Morgan fingerprint density at radius 1 is 1.32 bits per heavy atom. The van der Waals surface area contributed by atoms with Gasteiger partial charge < -0.3 is 19.9 Å². The number of aliphatic imine (C=N–C) groups is 1. The molecule has 0 saturated carbocycles. The van der Waals surface area contributed by atoms with Crippen molar-refractivity contribution in [3.8, 4) is 18.1 Å². The van der Waals surface area contributed by atoms with Crippen LogP contribution in [0.3, 0.4) is 0 Å². The molecule has 0 amide bonds. The van der Waals surface area contributed by atoms with Crippen molar-refractivity contribution in [1.29, 1.82) is 0 Å². The summed E-state index contributed by atoms with van der Waals surface area (Å²) in [5.74, 6) is 4.36. The number of methoxy groups -OCH3 is 1. The number of para-hydroxylation sites is 2. The lowest BCUT2D eigenvalue weighted by atomic mass is 10.2. The maximum Gasteiger partial charge on any atom is 0.194 e. The summed E-state index contributed by atoms with van der Waals surface area (Å²) in [6, 6.07) is 8.12. The number of guanidine groups is 1. The van der Waals surface area contributed by atoms with Crippen molar-refractivity contribution in [3.63, 3.8) is 0 Å². The van der Waals surface area contributed by atoms with Gasteiger partial charge in [0.05, 0.1) is 19.3 Å². The molecule has 1 aromatic rings. The van der Waals surface area contributed by atoms with Crippen LogP contribution in [-0.2, 0) is 0 Å². The van der Waals surface area contributed by atoms with E-state index in [9.17, 15) is 0 Å². The topological polar surface area (TPSA) is 40.1 Å². The molecule has 5 nitrogen and oxygen atoms in total. The van der Waals surface area contributed by atoms with Gasteiger partial charge in [0.2, 0.25) is 0 Å². The SMILES string of the molecule is C#CCNC(=NC)N1CCN(c2ccccc2OC)CC1.I. The largest absolute Gasteiger partial charge is 0.495 e. The number of terminal acetylenes is 1. The maximum absolute atomic E-state index is 5.43. The minimum absolute atomic E-state index is 0. The van der Waals surface area contributed by atoms with E-state index in [1.807, 2.05) is 18.2 Å². The molecule has 1 saturated heterocycles. The van der Waals surface area contributed by atoms with E-state index in [0.717, 1.165) is 43.6 Å². The molecule has 1 N–H and O–H groups in total. The van der Waals surface area contributed by atoms with Crippen LogP contribution in [0.5, 0.6) is 5.75 Å². The van der Waals surface area contributed by atoms with Gasteiger partial charge in [-0.1, -0.05) is 18.1 Å². The second-order valence-electron chi connectivity index (χ2n) is 4.75. The van der Waals surface area contributed by atoms with E-state index < -0.39 is 0 Å². The monoisotopic (exact) mass is 414 g/mol. The molecule has 2 rings (SSSR count). The Hall–Kier alpha value is -1.62. The number of anilines is 1. The van der Waals surface area contributed by atoms with Gasteiger partial charge in [0.15, 0.2) is 5.96 Å². The van der Waals surface area contributed by atoms with Gasteiger partial charge in [0.25, 0.3) is 0 Å². The third-order valence-corrected chi connectivity index (χ3v) is 3.57. The number of hydrogen-bond acceptors (Lipinski definition) is 3. The average Bonchev–Trinajstić information content (AvgIpc) is 2.56. The minimum atomic E-state index is 0. The third-order valence-electron chi connectivity index (χ3n) is 3.57. The molecular formula is C16H23IN4O. The molecule has 120 valence electrons. The van der Waals surface area contributed by atoms with E-state index in [1.54, 1.807) is 14.2 Å². The molecule has 0 unspecified atom stereocenters. The molecule has 1 aliphatic rings. The summed E-state index contributed by atoms with van der Waals surface area (Å²) in [4.78, 5) is 8.84. The van der Waals surface area contributed by atoms with E-state index in [-0.39, 0.29) is 24.0 Å². The highest BCUT2D eigenvalue weighted by molar-refractivity contribution is 14.0. The first-order valence-corrected chi connectivity index (χ1v) is 7.07. The highest BCUT2D eigenvalue weighted by atomic mass is 127. The molecule has 0 atom stereocenters. The number of piperazine rings is 1. The van der Waals surface area contributed by atoms with Gasteiger partial charge in [-0.25, -0.2) is 0 Å². The maximum atomic E-state index is 5.43. The first-order chi connectivity index (χ1) is 10.3. The molecule has 6 heteroatoms. The van der Waals surface area contributed by atoms with Gasteiger partial charge in [0.1, 0.15) is 5.75 Å². The molecule has 1 aliphatic heterocycles. The van der Waals surface area contributed by atoms with Crippen molar-refractivity contribution in [3.05, 3.63) is 24.3 Å². The molecule has 0 bridgehead atoms. The number of ether oxygens (including phenoxy) is 1. The van der Waals surface area contributed by atoms with Crippen molar-refractivity contribution in [1.82, 2.24) is 10.2 Å². The lowest BCUT2D eigenvalue weighted by Crippen LogP contribution is -2.52. The van der Waals surface area contributed by atoms with Crippen molar-refractivity contribution >= 4 is 35.6 Å². The van der Waals surface area contributed by atoms with Gasteiger partial charge in [-0.15, -0.1) is 30.4 Å². The summed E-state index contributed by atoms with van der Waals surface area (Å²) < 4.78 is 5.43. The number of hydrogen-bond donors (Lipinski definition) is 1. The number of halogens is 1. The van der Waals surface area contributed by atoms with E-state index in [2.05, 4.69) is 32.1 Å². The number of rotatable bonds is 3. The predicted octanol–water partition coefficient (Wildman–Crippen LogP) is 1.64. The van der Waals surface area contributed by atoms with Crippen LogP contribution in [0.1, 0.15) is 0 Å². The number of nitrogens with zero attached hydrogens (tertiary/aromatic N) is 3. The van der Waals surface area contributed by atoms with E-state index in [0.29, 0.717) is 6.54 Å². The van der Waals surface area contributed by atoms with Crippen molar-refractivity contribution in [2.24, 2.45) is 4.99 Å². The summed E-state index contributed by atoms with van der Waals surface area (Å²) in [6.07, 6.45) is 5.28. The summed E-state index contributed by atoms with van der Waals surface area (Å²) in [6.45, 7) is 4.16. The Morgan fingerprint density at radius 2 is 2.00 bits per heavy atom. The first-order valence-electron chi connectivity index (χ1n) is 7.07. The van der Waals surface area contributed by atoms with Crippen molar-refractivity contribution in [2.75, 3.05) is 51.8 Å². The summed E-state index contributed by atoms with van der Waals surface area (Å²) in [5.41, 5.74) is 1.14. The standard InChI is InChI=1S/C16H22N4O.HI/c1-4-9-18-16(17-2)20-12-10-19(11-13-20)14-7-5-6-8-15(14)21-3;/h1,5-8H,9-13H2,2-3H3,(H,17,18);1H. The molecule has 22 heavy (non-hydrogen) atoms. The van der Waals surface area contributed by atoms with E-state index >= 15 is 0 Å². The molecular weight excluding hydrogens is 391 g/mol. The van der Waals surface area contributed by atoms with E-state index in [1.165, 1.54) is 0 Å². The van der Waals surface area contributed by atoms with Crippen molar-refractivity contribution < 1.29 is 4.74 Å². The van der Waals surface area contributed by atoms with Crippen LogP contribution in [0.15, 0.2) is 29.3 Å². The van der Waals surface area contributed by atoms with Crippen LogP contribution < -0.4 is 15.0 Å². The van der Waals surface area contributed by atoms with Crippen LogP contribution in [0.4, 0.5) is 5.69 Å². The zero-order chi connectivity index (χ0) is 15.1. The van der Waals surface area contributed by atoms with Crippen LogP contribution >= 0.6 is 24.0 Å². The van der Waals surface area contributed by atoms with Crippen LogP contribution in [0.2, 0.25) is 0 Å². The van der Waals surface area contributed by atoms with Gasteiger partial charge in [0, 0.05) is 33.2 Å². The van der Waals surface area contributed by atoms with Crippen LogP contribution in [-0.4, -0.2) is 57.7 Å². The molecule has 0 radical (unpaired) electrons. The number of nitrogens with one attached hydrogen (secondary N) is 1. The first kappa shape index (κ1) is 18.4. The fourth-order valence-electron chi connectivity index (χ4n) is 2.51. The van der Waals surface area contributed by atoms with Crippen LogP contribution in [0, 0.1) is 12.3 Å². The average molecular weight is 414 g/mol. The zero-order valence-corrected chi connectivity index (χ0v) is 15.4. The van der Waals surface area contributed by atoms with Gasteiger partial charge in [-0.05, 0) is 12.1 Å². The Morgan fingerprint density at radius 3 is 2.59 bits per heavy atom. The second kappa shape index (κ2) is 9.41. The molecule has 0 aromatic heterocycles. The quantitative estimate of drug-likeness (QED) is 0.354. The summed E-state index contributed by atoms with van der Waals surface area (Å²) in [5, 5.41) is 3.16. The van der Waals surface area contributed by atoms with Crippen LogP contribution in [0.25, 0.3) is 0 Å². The Labute approximate surface area is 149 Å². The number of benzene rings is 1. The highest BCUT2D eigenvalue weighted by Gasteiger charge is 2.21. The normalized spacial score (nSPS) is 14.9. The highest BCUT2D eigenvalue weighted by Crippen LogP contribution is 2.28. The fraction of sp³-hybridized carbons (Fsp3) is 0.438. The molecule has 0 spiro atoms. The Balaban J connectivity index is 0.00000242. The lowest BCUT2D eigenvalue weighted by Gasteiger charge is -2.38. The molecule has 0 aliphatic carbocycles. The summed E-state index contributed by atoms with van der Waals surface area (Å²) in [7, 11) is 3.49. The Kier molecular flexibility index (Phi) is 7.88. The zero-order valence-electron chi connectivity index (χ0n) is 13.1. The molecule has 1 fully saturated rings.